The number of nitrogens with one attached hydrogen (secondary N) is 1. The molecule has 3 rings (SSSR count). The van der Waals surface area contributed by atoms with Crippen LogP contribution in [0.5, 0.6) is 5.75 Å². The van der Waals surface area contributed by atoms with Crippen LogP contribution in [0.25, 0.3) is 0 Å². The maximum Gasteiger partial charge on any atom is 0.263 e. The van der Waals surface area contributed by atoms with Crippen LogP contribution < -0.4 is 4.72 Å². The molecule has 0 amide bonds. The second-order valence-electron chi connectivity index (χ2n) is 5.43. The van der Waals surface area contributed by atoms with Crippen LogP contribution in [-0.4, -0.2) is 25.1 Å². The first kappa shape index (κ1) is 16.7. The summed E-state index contributed by atoms with van der Waals surface area (Å²) in [7, 11) is -3.97. The zero-order valence-corrected chi connectivity index (χ0v) is 13.9. The number of aromatic hydroxyl groups is 1. The van der Waals surface area contributed by atoms with Crippen molar-refractivity contribution in [3.05, 3.63) is 46.9 Å². The van der Waals surface area contributed by atoms with E-state index in [0.717, 1.165) is 29.8 Å². The smallest absolute Gasteiger partial charge is 0.263 e. The zero-order chi connectivity index (χ0) is 17.3. The molecule has 0 aliphatic carbocycles. The van der Waals surface area contributed by atoms with Crippen molar-refractivity contribution < 1.29 is 22.7 Å². The van der Waals surface area contributed by atoms with E-state index in [1.807, 2.05) is 6.92 Å². The van der Waals surface area contributed by atoms with Crippen molar-refractivity contribution in [3.63, 3.8) is 0 Å². The molecule has 8 heteroatoms. The van der Waals surface area contributed by atoms with E-state index >= 15 is 0 Å². The van der Waals surface area contributed by atoms with Gasteiger partial charge in [0.2, 0.25) is 0 Å². The number of aryl methyl sites for hydroxylation is 1. The van der Waals surface area contributed by atoms with Crippen LogP contribution in [-0.2, 0) is 34.2 Å². The van der Waals surface area contributed by atoms with Gasteiger partial charge in [-0.1, -0.05) is 6.92 Å². The highest BCUT2D eigenvalue weighted by Gasteiger charge is 2.24. The zero-order valence-electron chi connectivity index (χ0n) is 13.0. The summed E-state index contributed by atoms with van der Waals surface area (Å²) in [5, 5.41) is 10.4. The van der Waals surface area contributed by atoms with Crippen molar-refractivity contribution in [1.82, 2.24) is 4.98 Å². The first-order chi connectivity index (χ1) is 11.4. The normalized spacial score (nSPS) is 14.2. The molecule has 1 aliphatic heterocycles. The van der Waals surface area contributed by atoms with Crippen molar-refractivity contribution in [1.29, 1.82) is 0 Å². The predicted molar refractivity (Wildman–Crippen MR) is 85.8 cm³/mol. The number of ether oxygens (including phenoxy) is 1. The van der Waals surface area contributed by atoms with Crippen LogP contribution in [0.1, 0.15) is 23.7 Å². The maximum absolute atomic E-state index is 13.0. The molecule has 0 spiro atoms. The number of pyridine rings is 1. The summed E-state index contributed by atoms with van der Waals surface area (Å²) in [5.41, 5.74) is 2.15. The average molecular weight is 352 g/mol. The number of fused-ring (bicyclic) bond motifs is 1. The van der Waals surface area contributed by atoms with Gasteiger partial charge in [-0.3, -0.25) is 4.72 Å². The standard InChI is InChI=1S/C16H17FN2O4S/c1-2-14-13-9-23-8-7-12(13)15(20)16(18-14)19-24(21,22)11-5-3-10(17)4-6-11/h3-6,20H,2,7-9H2,1H3,(H,18,19). The van der Waals surface area contributed by atoms with E-state index in [1.165, 1.54) is 0 Å². The Hall–Kier alpha value is -2.19. The number of sulfonamides is 1. The van der Waals surface area contributed by atoms with E-state index < -0.39 is 15.8 Å². The molecular weight excluding hydrogens is 335 g/mol. The van der Waals surface area contributed by atoms with E-state index in [-0.39, 0.29) is 16.5 Å². The van der Waals surface area contributed by atoms with Crippen LogP contribution >= 0.6 is 0 Å². The first-order valence-electron chi connectivity index (χ1n) is 7.52. The molecule has 2 heterocycles. The van der Waals surface area contributed by atoms with Gasteiger partial charge in [0.25, 0.3) is 10.0 Å². The third kappa shape index (κ3) is 3.07. The van der Waals surface area contributed by atoms with Crippen molar-refractivity contribution in [2.45, 2.75) is 31.3 Å². The van der Waals surface area contributed by atoms with Gasteiger partial charge in [-0.2, -0.15) is 0 Å². The lowest BCUT2D eigenvalue weighted by molar-refractivity contribution is 0.108. The van der Waals surface area contributed by atoms with Gasteiger partial charge in [0.05, 0.1) is 18.1 Å². The lowest BCUT2D eigenvalue weighted by Crippen LogP contribution is -2.19. The van der Waals surface area contributed by atoms with Crippen molar-refractivity contribution in [2.24, 2.45) is 0 Å². The van der Waals surface area contributed by atoms with Crippen LogP contribution in [0.3, 0.4) is 0 Å². The number of hydrogen-bond donors (Lipinski definition) is 2. The fourth-order valence-electron chi connectivity index (χ4n) is 2.67. The summed E-state index contributed by atoms with van der Waals surface area (Å²) in [5.74, 6) is -0.829. The van der Waals surface area contributed by atoms with E-state index in [9.17, 15) is 17.9 Å². The monoisotopic (exact) mass is 352 g/mol. The third-order valence-corrected chi connectivity index (χ3v) is 5.26. The summed E-state index contributed by atoms with van der Waals surface area (Å²) in [4.78, 5) is 4.13. The Morgan fingerprint density at radius 3 is 2.67 bits per heavy atom. The number of benzene rings is 1. The molecule has 0 radical (unpaired) electrons. The highest BCUT2D eigenvalue weighted by atomic mass is 32.2. The molecule has 1 aliphatic rings. The highest BCUT2D eigenvalue weighted by molar-refractivity contribution is 7.92. The van der Waals surface area contributed by atoms with Gasteiger partial charge >= 0.3 is 0 Å². The van der Waals surface area contributed by atoms with E-state index in [4.69, 9.17) is 4.74 Å². The third-order valence-electron chi connectivity index (χ3n) is 3.90. The number of anilines is 1. The van der Waals surface area contributed by atoms with Crippen molar-refractivity contribution in [3.8, 4) is 5.75 Å². The Labute approximate surface area is 139 Å². The fraction of sp³-hybridized carbons (Fsp3) is 0.312. The topological polar surface area (TPSA) is 88.5 Å². The molecule has 128 valence electrons. The Bertz CT molecular complexity index is 867. The quantitative estimate of drug-likeness (QED) is 0.882. The van der Waals surface area contributed by atoms with Gasteiger partial charge in [-0.05, 0) is 37.1 Å². The SMILES string of the molecule is CCc1nc(NS(=O)(=O)c2ccc(F)cc2)c(O)c2c1COCC2. The molecule has 2 aromatic rings. The molecule has 6 nitrogen and oxygen atoms in total. The molecule has 1 aromatic carbocycles. The Morgan fingerprint density at radius 1 is 1.29 bits per heavy atom. The van der Waals surface area contributed by atoms with Crippen LogP contribution in [0.4, 0.5) is 10.2 Å². The van der Waals surface area contributed by atoms with E-state index in [1.54, 1.807) is 0 Å². The molecular formula is C16H17FN2O4S. The van der Waals surface area contributed by atoms with E-state index in [0.29, 0.717) is 37.3 Å². The molecule has 2 N–H and O–H groups in total. The predicted octanol–water partition coefficient (Wildman–Crippen LogP) is 2.36. The van der Waals surface area contributed by atoms with Gasteiger partial charge in [0.1, 0.15) is 5.82 Å². The van der Waals surface area contributed by atoms with Gasteiger partial charge in [-0.15, -0.1) is 0 Å². The molecule has 0 unspecified atom stereocenters. The largest absolute Gasteiger partial charge is 0.504 e. The van der Waals surface area contributed by atoms with Crippen LogP contribution in [0.15, 0.2) is 29.2 Å². The lowest BCUT2D eigenvalue weighted by Gasteiger charge is -2.22. The van der Waals surface area contributed by atoms with Gasteiger partial charge in [0, 0.05) is 16.8 Å². The molecule has 0 atom stereocenters. The van der Waals surface area contributed by atoms with Crippen LogP contribution in [0, 0.1) is 5.82 Å². The number of aromatic nitrogens is 1. The fourth-order valence-corrected chi connectivity index (χ4v) is 3.68. The first-order valence-corrected chi connectivity index (χ1v) is 9.00. The molecule has 0 fully saturated rings. The number of hydrogen-bond acceptors (Lipinski definition) is 5. The number of halogens is 1. The van der Waals surface area contributed by atoms with Crippen molar-refractivity contribution >= 4 is 15.8 Å². The lowest BCUT2D eigenvalue weighted by atomic mass is 10.00. The molecule has 24 heavy (non-hydrogen) atoms. The second-order valence-corrected chi connectivity index (χ2v) is 7.11. The van der Waals surface area contributed by atoms with Gasteiger partial charge < -0.3 is 9.84 Å². The minimum atomic E-state index is -3.97. The molecule has 0 bridgehead atoms. The van der Waals surface area contributed by atoms with Gasteiger partial charge in [0.15, 0.2) is 11.6 Å². The van der Waals surface area contributed by atoms with Crippen LogP contribution in [0.2, 0.25) is 0 Å². The minimum Gasteiger partial charge on any atom is -0.504 e. The Balaban J connectivity index is 2.02. The molecule has 0 saturated heterocycles. The summed E-state index contributed by atoms with van der Waals surface area (Å²) < 4.78 is 45.5. The maximum atomic E-state index is 13.0. The van der Waals surface area contributed by atoms with Crippen molar-refractivity contribution in [2.75, 3.05) is 11.3 Å². The summed E-state index contributed by atoms with van der Waals surface area (Å²) in [6.07, 6.45) is 1.07. The summed E-state index contributed by atoms with van der Waals surface area (Å²) in [6.45, 7) is 2.70. The van der Waals surface area contributed by atoms with E-state index in [2.05, 4.69) is 9.71 Å². The highest BCUT2D eigenvalue weighted by Crippen LogP contribution is 2.35. The minimum absolute atomic E-state index is 0.107. The Morgan fingerprint density at radius 2 is 2.00 bits per heavy atom. The summed E-state index contributed by atoms with van der Waals surface area (Å²) >= 11 is 0. The summed E-state index contributed by atoms with van der Waals surface area (Å²) in [6, 6.07) is 4.43. The number of rotatable bonds is 4. The Kier molecular flexibility index (Phi) is 4.42. The second kappa shape index (κ2) is 6.37. The van der Waals surface area contributed by atoms with Gasteiger partial charge in [-0.25, -0.2) is 17.8 Å². The molecule has 0 saturated carbocycles. The molecule has 1 aromatic heterocycles. The number of nitrogens with zero attached hydrogens (tertiary/aromatic N) is 1. The average Bonchev–Trinajstić information content (AvgIpc) is 2.58.